The molecule has 0 bridgehead atoms. The molecule has 1 aromatic carbocycles. The Morgan fingerprint density at radius 1 is 1.20 bits per heavy atom. The first kappa shape index (κ1) is 15.1. The molecule has 1 N–H and O–H groups in total. The van der Waals surface area contributed by atoms with Gasteiger partial charge in [-0.15, -0.1) is 0 Å². The van der Waals surface area contributed by atoms with Crippen LogP contribution in [0.2, 0.25) is 0 Å². The summed E-state index contributed by atoms with van der Waals surface area (Å²) in [5, 5.41) is 4.62. The van der Waals surface area contributed by atoms with Gasteiger partial charge in [0, 0.05) is 17.5 Å². The fourth-order valence-electron chi connectivity index (χ4n) is 2.48. The Hall–Kier alpha value is -1.32. The summed E-state index contributed by atoms with van der Waals surface area (Å²) in [7, 11) is 2.19. The third-order valence-electron chi connectivity index (χ3n) is 3.64. The normalized spacial score (nSPS) is 11.6. The maximum Gasteiger partial charge on any atom is 0.134 e. The molecular formula is C17H26N2O. The van der Waals surface area contributed by atoms with Crippen LogP contribution in [-0.2, 0) is 13.1 Å². The minimum Gasteiger partial charge on any atom is -0.459 e. The lowest BCUT2D eigenvalue weighted by Gasteiger charge is -2.16. The summed E-state index contributed by atoms with van der Waals surface area (Å²) in [5.41, 5.74) is 2.33. The molecule has 0 amide bonds. The highest BCUT2D eigenvalue weighted by molar-refractivity contribution is 5.82. The highest BCUT2D eigenvalue weighted by atomic mass is 16.3. The molecule has 0 saturated carbocycles. The molecular weight excluding hydrogens is 248 g/mol. The van der Waals surface area contributed by atoms with E-state index in [1.807, 2.05) is 6.07 Å². The van der Waals surface area contributed by atoms with Crippen molar-refractivity contribution < 1.29 is 4.42 Å². The number of hydrogen-bond acceptors (Lipinski definition) is 3. The second kappa shape index (κ2) is 7.46. The fraction of sp³-hybridized carbons (Fsp3) is 0.529. The minimum atomic E-state index is 0.808. The van der Waals surface area contributed by atoms with Crippen LogP contribution in [0.5, 0.6) is 0 Å². The van der Waals surface area contributed by atoms with Gasteiger partial charge in [-0.25, -0.2) is 0 Å². The molecule has 1 aromatic heterocycles. The van der Waals surface area contributed by atoms with Crippen LogP contribution >= 0.6 is 0 Å². The molecule has 3 nitrogen and oxygen atoms in total. The highest BCUT2D eigenvalue weighted by Gasteiger charge is 2.14. The van der Waals surface area contributed by atoms with Crippen molar-refractivity contribution in [1.82, 2.24) is 10.2 Å². The van der Waals surface area contributed by atoms with Crippen molar-refractivity contribution in [2.75, 3.05) is 20.1 Å². The van der Waals surface area contributed by atoms with Gasteiger partial charge >= 0.3 is 0 Å². The summed E-state index contributed by atoms with van der Waals surface area (Å²) in [5.74, 6) is 1.08. The van der Waals surface area contributed by atoms with Crippen LogP contribution in [0.3, 0.4) is 0 Å². The van der Waals surface area contributed by atoms with E-state index in [0.29, 0.717) is 0 Å². The Morgan fingerprint density at radius 2 is 2.00 bits per heavy atom. The van der Waals surface area contributed by atoms with Crippen molar-refractivity contribution in [2.45, 2.75) is 39.8 Å². The lowest BCUT2D eigenvalue weighted by molar-refractivity contribution is 0.318. The molecule has 110 valence electrons. The van der Waals surface area contributed by atoms with Crippen molar-refractivity contribution in [2.24, 2.45) is 0 Å². The predicted molar refractivity (Wildman–Crippen MR) is 84.8 cm³/mol. The number of nitrogens with zero attached hydrogens (tertiary/aromatic N) is 1. The average Bonchev–Trinajstić information content (AvgIpc) is 2.81. The quantitative estimate of drug-likeness (QED) is 0.794. The minimum absolute atomic E-state index is 0.808. The Labute approximate surface area is 122 Å². The van der Waals surface area contributed by atoms with Crippen molar-refractivity contribution in [3.05, 3.63) is 35.6 Å². The van der Waals surface area contributed by atoms with Crippen molar-refractivity contribution in [3.8, 4) is 0 Å². The van der Waals surface area contributed by atoms with Gasteiger partial charge < -0.3 is 14.6 Å². The van der Waals surface area contributed by atoms with Crippen LogP contribution in [0.15, 0.2) is 28.7 Å². The number of nitrogens with one attached hydrogen (secondary N) is 1. The molecule has 0 aliphatic heterocycles. The van der Waals surface area contributed by atoms with Crippen molar-refractivity contribution in [1.29, 1.82) is 0 Å². The van der Waals surface area contributed by atoms with Gasteiger partial charge in [0.05, 0.1) is 6.54 Å². The first-order chi connectivity index (χ1) is 9.76. The lowest BCUT2D eigenvalue weighted by Crippen LogP contribution is -2.20. The number of hydrogen-bond donors (Lipinski definition) is 1. The molecule has 1 heterocycles. The molecule has 0 spiro atoms. The monoisotopic (exact) mass is 274 g/mol. The van der Waals surface area contributed by atoms with E-state index in [1.54, 1.807) is 0 Å². The standard InChI is InChI=1S/C17H26N2O/c1-4-6-11-19(3)13-15-14-9-7-8-10-16(14)20-17(15)12-18-5-2/h7-10,18H,4-6,11-13H2,1-3H3. The molecule has 0 atom stereocenters. The second-order valence-corrected chi connectivity index (χ2v) is 5.37. The van der Waals surface area contributed by atoms with E-state index >= 15 is 0 Å². The SMILES string of the molecule is CCCCN(C)Cc1c(CNCC)oc2ccccc12. The second-order valence-electron chi connectivity index (χ2n) is 5.37. The van der Waals surface area contributed by atoms with Gasteiger partial charge in [-0.2, -0.15) is 0 Å². The van der Waals surface area contributed by atoms with Gasteiger partial charge in [-0.3, -0.25) is 0 Å². The van der Waals surface area contributed by atoms with Crippen LogP contribution in [0, 0.1) is 0 Å². The summed E-state index contributed by atoms with van der Waals surface area (Å²) in [6.07, 6.45) is 2.48. The van der Waals surface area contributed by atoms with E-state index < -0.39 is 0 Å². The van der Waals surface area contributed by atoms with Gasteiger partial charge in [0.25, 0.3) is 0 Å². The molecule has 0 unspecified atom stereocenters. The zero-order valence-corrected chi connectivity index (χ0v) is 12.9. The van der Waals surface area contributed by atoms with Crippen molar-refractivity contribution >= 4 is 11.0 Å². The van der Waals surface area contributed by atoms with Gasteiger partial charge in [-0.05, 0) is 32.6 Å². The van der Waals surface area contributed by atoms with Gasteiger partial charge in [0.2, 0.25) is 0 Å². The van der Waals surface area contributed by atoms with Gasteiger partial charge in [0.15, 0.2) is 0 Å². The molecule has 0 saturated heterocycles. The van der Waals surface area contributed by atoms with E-state index in [0.717, 1.165) is 37.5 Å². The number of furan rings is 1. The zero-order valence-electron chi connectivity index (χ0n) is 12.9. The topological polar surface area (TPSA) is 28.4 Å². The lowest BCUT2D eigenvalue weighted by atomic mass is 10.1. The van der Waals surface area contributed by atoms with E-state index in [-0.39, 0.29) is 0 Å². The number of benzene rings is 1. The van der Waals surface area contributed by atoms with E-state index in [4.69, 9.17) is 4.42 Å². The number of unbranched alkanes of at least 4 members (excludes halogenated alkanes) is 1. The summed E-state index contributed by atoms with van der Waals surface area (Å²) >= 11 is 0. The largest absolute Gasteiger partial charge is 0.459 e. The maximum absolute atomic E-state index is 6.02. The third-order valence-corrected chi connectivity index (χ3v) is 3.64. The molecule has 20 heavy (non-hydrogen) atoms. The number of para-hydroxylation sites is 1. The highest BCUT2D eigenvalue weighted by Crippen LogP contribution is 2.27. The van der Waals surface area contributed by atoms with Crippen LogP contribution in [0.4, 0.5) is 0 Å². The molecule has 0 aliphatic carbocycles. The Balaban J connectivity index is 2.23. The summed E-state index contributed by atoms with van der Waals surface area (Å²) in [6.45, 7) is 8.21. The molecule has 0 radical (unpaired) electrons. The van der Waals surface area contributed by atoms with E-state index in [2.05, 4.69) is 49.3 Å². The van der Waals surface area contributed by atoms with Crippen molar-refractivity contribution in [3.63, 3.8) is 0 Å². The number of fused-ring (bicyclic) bond motifs is 1. The third kappa shape index (κ3) is 3.62. The number of rotatable bonds is 8. The molecule has 3 heteroatoms. The Morgan fingerprint density at radius 3 is 2.75 bits per heavy atom. The first-order valence-corrected chi connectivity index (χ1v) is 7.64. The van der Waals surface area contributed by atoms with Crippen LogP contribution in [0.1, 0.15) is 38.0 Å². The molecule has 0 aliphatic rings. The maximum atomic E-state index is 6.02. The predicted octanol–water partition coefficient (Wildman–Crippen LogP) is 3.77. The van der Waals surface area contributed by atoms with Crippen LogP contribution in [-0.4, -0.2) is 25.0 Å². The molecule has 2 aromatic rings. The Kier molecular flexibility index (Phi) is 5.62. The van der Waals surface area contributed by atoms with E-state index in [9.17, 15) is 0 Å². The van der Waals surface area contributed by atoms with Gasteiger partial charge in [0.1, 0.15) is 11.3 Å². The Bertz CT molecular complexity index is 533. The van der Waals surface area contributed by atoms with Crippen LogP contribution < -0.4 is 5.32 Å². The smallest absolute Gasteiger partial charge is 0.134 e. The first-order valence-electron chi connectivity index (χ1n) is 7.64. The van der Waals surface area contributed by atoms with Gasteiger partial charge in [-0.1, -0.05) is 38.5 Å². The summed E-state index contributed by atoms with van der Waals surface area (Å²) in [4.78, 5) is 2.39. The molecule has 0 fully saturated rings. The summed E-state index contributed by atoms with van der Waals surface area (Å²) in [6, 6.07) is 8.34. The molecule has 2 rings (SSSR count). The van der Waals surface area contributed by atoms with E-state index in [1.165, 1.54) is 23.8 Å². The van der Waals surface area contributed by atoms with Crippen LogP contribution in [0.25, 0.3) is 11.0 Å². The zero-order chi connectivity index (χ0) is 14.4. The fourth-order valence-corrected chi connectivity index (χ4v) is 2.48. The average molecular weight is 274 g/mol. The summed E-state index contributed by atoms with van der Waals surface area (Å²) < 4.78 is 6.02.